The Labute approximate surface area is 107 Å². The Morgan fingerprint density at radius 3 is 2.62 bits per heavy atom. The molecule has 4 atom stereocenters. The smallest absolute Gasteiger partial charge is 0.0575 e. The average Bonchev–Trinajstić information content (AvgIpc) is 2.60. The number of benzene rings is 1. The van der Waals surface area contributed by atoms with Gasteiger partial charge in [0.15, 0.2) is 0 Å². The normalized spacial score (nSPS) is 31.6. The summed E-state index contributed by atoms with van der Waals surface area (Å²) >= 11 is 3.45. The van der Waals surface area contributed by atoms with Gasteiger partial charge in [0, 0.05) is 15.8 Å². The highest BCUT2D eigenvalue weighted by Gasteiger charge is 2.35. The standard InChI is InChI=1S/C12H16BrNOS/c1-8-10(14)6-7-11(8)16(15)12-5-3-2-4-9(12)13/h2-5,8,10-11H,6-7,14H2,1H3. The van der Waals surface area contributed by atoms with Crippen molar-refractivity contribution in [3.05, 3.63) is 28.7 Å². The fourth-order valence-electron chi connectivity index (χ4n) is 2.23. The van der Waals surface area contributed by atoms with E-state index in [2.05, 4.69) is 22.9 Å². The Balaban J connectivity index is 2.23. The van der Waals surface area contributed by atoms with Crippen LogP contribution in [0, 0.1) is 5.92 Å². The van der Waals surface area contributed by atoms with E-state index in [1.807, 2.05) is 24.3 Å². The topological polar surface area (TPSA) is 43.1 Å². The van der Waals surface area contributed by atoms with E-state index in [0.717, 1.165) is 22.2 Å². The van der Waals surface area contributed by atoms with Gasteiger partial charge >= 0.3 is 0 Å². The van der Waals surface area contributed by atoms with Crippen LogP contribution in [0.1, 0.15) is 19.8 Å². The minimum absolute atomic E-state index is 0.202. The van der Waals surface area contributed by atoms with Gasteiger partial charge in [-0.3, -0.25) is 4.21 Å². The zero-order chi connectivity index (χ0) is 11.7. The highest BCUT2D eigenvalue weighted by molar-refractivity contribution is 9.10. The molecule has 1 aromatic carbocycles. The number of nitrogens with two attached hydrogens (primary N) is 1. The molecule has 88 valence electrons. The van der Waals surface area contributed by atoms with E-state index in [9.17, 15) is 4.21 Å². The summed E-state index contributed by atoms with van der Waals surface area (Å²) in [7, 11) is -0.948. The van der Waals surface area contributed by atoms with E-state index in [1.54, 1.807) is 0 Å². The molecular formula is C12H16BrNOS. The number of rotatable bonds is 2. The Hall–Kier alpha value is -0.190. The summed E-state index contributed by atoms with van der Waals surface area (Å²) in [5.74, 6) is 0.341. The van der Waals surface area contributed by atoms with E-state index >= 15 is 0 Å². The molecule has 1 aromatic rings. The van der Waals surface area contributed by atoms with Gasteiger partial charge in [0.25, 0.3) is 0 Å². The molecule has 1 aliphatic carbocycles. The molecule has 0 aromatic heterocycles. The van der Waals surface area contributed by atoms with Crippen LogP contribution in [0.4, 0.5) is 0 Å². The summed E-state index contributed by atoms with van der Waals surface area (Å²) in [4.78, 5) is 0.897. The van der Waals surface area contributed by atoms with Crippen molar-refractivity contribution < 1.29 is 4.21 Å². The second kappa shape index (κ2) is 4.98. The summed E-state index contributed by atoms with van der Waals surface area (Å²) in [5, 5.41) is 0.202. The maximum Gasteiger partial charge on any atom is 0.0575 e. The maximum absolute atomic E-state index is 12.4. The molecule has 0 amide bonds. The molecule has 2 N–H and O–H groups in total. The second-order valence-electron chi connectivity index (χ2n) is 4.37. The highest BCUT2D eigenvalue weighted by Crippen LogP contribution is 2.33. The summed E-state index contributed by atoms with van der Waals surface area (Å²) in [6.45, 7) is 2.11. The van der Waals surface area contributed by atoms with E-state index in [4.69, 9.17) is 5.73 Å². The molecule has 2 nitrogen and oxygen atoms in total. The van der Waals surface area contributed by atoms with Gasteiger partial charge in [-0.2, -0.15) is 0 Å². The maximum atomic E-state index is 12.4. The minimum Gasteiger partial charge on any atom is -0.327 e. The molecule has 0 radical (unpaired) electrons. The van der Waals surface area contributed by atoms with Crippen LogP contribution < -0.4 is 5.73 Å². The lowest BCUT2D eigenvalue weighted by Gasteiger charge is -2.18. The SMILES string of the molecule is CC1C(N)CCC1S(=O)c1ccccc1Br. The number of hydrogen-bond donors (Lipinski definition) is 1. The first-order chi connectivity index (χ1) is 7.61. The zero-order valence-electron chi connectivity index (χ0n) is 9.23. The minimum atomic E-state index is -0.948. The molecule has 4 unspecified atom stereocenters. The van der Waals surface area contributed by atoms with Crippen LogP contribution in [-0.2, 0) is 10.8 Å². The molecule has 0 heterocycles. The molecule has 4 heteroatoms. The molecule has 2 rings (SSSR count). The second-order valence-corrected chi connectivity index (χ2v) is 6.86. The highest BCUT2D eigenvalue weighted by atomic mass is 79.9. The monoisotopic (exact) mass is 301 g/mol. The molecule has 0 spiro atoms. The van der Waals surface area contributed by atoms with Crippen LogP contribution in [0.3, 0.4) is 0 Å². The van der Waals surface area contributed by atoms with Gasteiger partial charge in [-0.15, -0.1) is 0 Å². The third-order valence-corrected chi connectivity index (χ3v) is 6.33. The van der Waals surface area contributed by atoms with Gasteiger partial charge in [0.05, 0.1) is 15.7 Å². The van der Waals surface area contributed by atoms with Crippen molar-refractivity contribution in [1.82, 2.24) is 0 Å². The average molecular weight is 302 g/mol. The van der Waals surface area contributed by atoms with E-state index in [1.165, 1.54) is 0 Å². The number of halogens is 1. The first-order valence-corrected chi connectivity index (χ1v) is 7.52. The molecule has 1 aliphatic rings. The quantitative estimate of drug-likeness (QED) is 0.913. The summed E-state index contributed by atoms with van der Waals surface area (Å²) < 4.78 is 13.4. The zero-order valence-corrected chi connectivity index (χ0v) is 11.6. The van der Waals surface area contributed by atoms with Gasteiger partial charge in [-0.25, -0.2) is 0 Å². The molecule has 16 heavy (non-hydrogen) atoms. The summed E-state index contributed by atoms with van der Waals surface area (Å²) in [6, 6.07) is 7.94. The summed E-state index contributed by atoms with van der Waals surface area (Å²) in [6.07, 6.45) is 1.96. The predicted molar refractivity (Wildman–Crippen MR) is 70.7 cm³/mol. The van der Waals surface area contributed by atoms with E-state index in [-0.39, 0.29) is 11.3 Å². The Kier molecular flexibility index (Phi) is 3.82. The van der Waals surface area contributed by atoms with Gasteiger partial charge < -0.3 is 5.73 Å². The van der Waals surface area contributed by atoms with Crippen molar-refractivity contribution >= 4 is 26.7 Å². The van der Waals surface area contributed by atoms with Crippen LogP contribution >= 0.6 is 15.9 Å². The third kappa shape index (κ3) is 2.24. The van der Waals surface area contributed by atoms with Crippen LogP contribution in [0.25, 0.3) is 0 Å². The molecule has 0 saturated heterocycles. The first-order valence-electron chi connectivity index (χ1n) is 5.52. The fraction of sp³-hybridized carbons (Fsp3) is 0.500. The van der Waals surface area contributed by atoms with Gasteiger partial charge in [0.1, 0.15) is 0 Å². The van der Waals surface area contributed by atoms with Gasteiger partial charge in [0.2, 0.25) is 0 Å². The summed E-state index contributed by atoms with van der Waals surface area (Å²) in [5.41, 5.74) is 5.98. The largest absolute Gasteiger partial charge is 0.327 e. The Bertz CT molecular complexity index is 410. The van der Waals surface area contributed by atoms with Crippen LogP contribution in [0.15, 0.2) is 33.6 Å². The van der Waals surface area contributed by atoms with Crippen molar-refractivity contribution in [3.63, 3.8) is 0 Å². The molecule has 0 aliphatic heterocycles. The molecule has 1 saturated carbocycles. The lowest BCUT2D eigenvalue weighted by atomic mass is 10.1. The van der Waals surface area contributed by atoms with Gasteiger partial charge in [-0.05, 0) is 46.8 Å². The van der Waals surface area contributed by atoms with Crippen LogP contribution in [0.2, 0.25) is 0 Å². The van der Waals surface area contributed by atoms with Crippen molar-refractivity contribution in [2.75, 3.05) is 0 Å². The van der Waals surface area contributed by atoms with Crippen molar-refractivity contribution in [2.45, 2.75) is 36.0 Å². The third-order valence-electron chi connectivity index (χ3n) is 3.37. The Morgan fingerprint density at radius 2 is 2.06 bits per heavy atom. The van der Waals surface area contributed by atoms with Crippen molar-refractivity contribution in [1.29, 1.82) is 0 Å². The predicted octanol–water partition coefficient (Wildman–Crippen LogP) is 2.68. The number of hydrogen-bond acceptors (Lipinski definition) is 2. The lowest BCUT2D eigenvalue weighted by Crippen LogP contribution is -2.29. The first kappa shape index (κ1) is 12.3. The van der Waals surface area contributed by atoms with Crippen molar-refractivity contribution in [2.24, 2.45) is 11.7 Å². The lowest BCUT2D eigenvalue weighted by molar-refractivity contribution is 0.526. The van der Waals surface area contributed by atoms with E-state index in [0.29, 0.717) is 5.92 Å². The van der Waals surface area contributed by atoms with E-state index < -0.39 is 10.8 Å². The Morgan fingerprint density at radius 1 is 1.38 bits per heavy atom. The molecule has 1 fully saturated rings. The van der Waals surface area contributed by atoms with Crippen molar-refractivity contribution in [3.8, 4) is 0 Å². The van der Waals surface area contributed by atoms with Crippen LogP contribution in [0.5, 0.6) is 0 Å². The molecular weight excluding hydrogens is 286 g/mol. The molecule has 0 bridgehead atoms. The fourth-order valence-corrected chi connectivity index (χ4v) is 4.74. The van der Waals surface area contributed by atoms with Crippen LogP contribution in [-0.4, -0.2) is 15.5 Å². The van der Waals surface area contributed by atoms with Gasteiger partial charge in [-0.1, -0.05) is 19.1 Å².